The second kappa shape index (κ2) is 5.49. The Morgan fingerprint density at radius 2 is 1.95 bits per heavy atom. The molecule has 2 aromatic rings. The van der Waals surface area contributed by atoms with E-state index in [1.807, 2.05) is 27.0 Å². The van der Waals surface area contributed by atoms with E-state index < -0.39 is 0 Å². The van der Waals surface area contributed by atoms with Crippen LogP contribution in [0.25, 0.3) is 11.3 Å². The molecule has 0 bridgehead atoms. The fraction of sp³-hybridized carbons (Fsp3) is 0.375. The SMILES string of the molecule is Cc1ccc(-c2cc(C(=O)NC(C)C)nn2C)c(C)c1. The molecule has 0 atom stereocenters. The second-order valence-corrected chi connectivity index (χ2v) is 5.48. The van der Waals surface area contributed by atoms with E-state index in [0.717, 1.165) is 11.3 Å². The summed E-state index contributed by atoms with van der Waals surface area (Å²) in [5.74, 6) is -0.133. The van der Waals surface area contributed by atoms with Gasteiger partial charge in [0.25, 0.3) is 5.91 Å². The van der Waals surface area contributed by atoms with Crippen LogP contribution in [-0.2, 0) is 7.05 Å². The smallest absolute Gasteiger partial charge is 0.271 e. The molecule has 1 aromatic heterocycles. The Morgan fingerprint density at radius 3 is 2.55 bits per heavy atom. The van der Waals surface area contributed by atoms with Crippen LogP contribution in [0.1, 0.15) is 35.5 Å². The maximum absolute atomic E-state index is 12.0. The zero-order chi connectivity index (χ0) is 14.9. The minimum absolute atomic E-state index is 0.106. The van der Waals surface area contributed by atoms with Gasteiger partial charge in [-0.25, -0.2) is 0 Å². The van der Waals surface area contributed by atoms with E-state index in [4.69, 9.17) is 0 Å². The molecule has 0 radical (unpaired) electrons. The molecule has 0 saturated heterocycles. The highest BCUT2D eigenvalue weighted by atomic mass is 16.2. The van der Waals surface area contributed by atoms with Crippen LogP contribution in [0.5, 0.6) is 0 Å². The molecule has 0 aliphatic heterocycles. The zero-order valence-electron chi connectivity index (χ0n) is 12.7. The Morgan fingerprint density at radius 1 is 1.25 bits per heavy atom. The molecule has 4 nitrogen and oxygen atoms in total. The lowest BCUT2D eigenvalue weighted by Crippen LogP contribution is -2.30. The fourth-order valence-electron chi connectivity index (χ4n) is 2.27. The van der Waals surface area contributed by atoms with Crippen molar-refractivity contribution in [3.05, 3.63) is 41.1 Å². The highest BCUT2D eigenvalue weighted by Gasteiger charge is 2.15. The van der Waals surface area contributed by atoms with Crippen LogP contribution in [-0.4, -0.2) is 21.7 Å². The first-order valence-corrected chi connectivity index (χ1v) is 6.81. The number of hydrogen-bond acceptors (Lipinski definition) is 2. The average Bonchev–Trinajstić information content (AvgIpc) is 2.70. The topological polar surface area (TPSA) is 46.9 Å². The third-order valence-electron chi connectivity index (χ3n) is 3.19. The molecule has 1 heterocycles. The molecule has 0 aliphatic carbocycles. The Kier molecular flexibility index (Phi) is 3.93. The molecule has 0 unspecified atom stereocenters. The number of carbonyl (C=O) groups excluding carboxylic acids is 1. The molecule has 106 valence electrons. The lowest BCUT2D eigenvalue weighted by atomic mass is 10.0. The van der Waals surface area contributed by atoms with Gasteiger partial charge in [0, 0.05) is 18.7 Å². The van der Waals surface area contributed by atoms with Gasteiger partial charge in [0.1, 0.15) is 0 Å². The largest absolute Gasteiger partial charge is 0.348 e. The molecule has 0 aliphatic rings. The first kappa shape index (κ1) is 14.3. The Hall–Kier alpha value is -2.10. The quantitative estimate of drug-likeness (QED) is 0.933. The van der Waals surface area contributed by atoms with Crippen molar-refractivity contribution in [2.24, 2.45) is 7.05 Å². The van der Waals surface area contributed by atoms with Gasteiger partial charge in [-0.1, -0.05) is 23.8 Å². The summed E-state index contributed by atoms with van der Waals surface area (Å²) in [4.78, 5) is 12.0. The van der Waals surface area contributed by atoms with Gasteiger partial charge in [0.2, 0.25) is 0 Å². The van der Waals surface area contributed by atoms with Gasteiger partial charge in [0.15, 0.2) is 5.69 Å². The molecule has 2 rings (SSSR count). The van der Waals surface area contributed by atoms with Crippen molar-refractivity contribution in [1.29, 1.82) is 0 Å². The molecule has 0 spiro atoms. The predicted octanol–water partition coefficient (Wildman–Crippen LogP) is 2.84. The van der Waals surface area contributed by atoms with Gasteiger partial charge in [-0.05, 0) is 39.3 Å². The van der Waals surface area contributed by atoms with Crippen LogP contribution in [0, 0.1) is 13.8 Å². The Balaban J connectivity index is 2.39. The maximum Gasteiger partial charge on any atom is 0.271 e. The summed E-state index contributed by atoms with van der Waals surface area (Å²) in [6, 6.07) is 8.23. The molecular formula is C16H21N3O. The van der Waals surface area contributed by atoms with Gasteiger partial charge in [-0.2, -0.15) is 5.10 Å². The number of hydrogen-bond donors (Lipinski definition) is 1. The van der Waals surface area contributed by atoms with E-state index in [0.29, 0.717) is 5.69 Å². The third kappa shape index (κ3) is 2.90. The van der Waals surface area contributed by atoms with E-state index in [1.165, 1.54) is 11.1 Å². The molecule has 1 N–H and O–H groups in total. The summed E-state index contributed by atoms with van der Waals surface area (Å²) in [7, 11) is 1.86. The summed E-state index contributed by atoms with van der Waals surface area (Å²) in [6.07, 6.45) is 0. The summed E-state index contributed by atoms with van der Waals surface area (Å²) >= 11 is 0. The maximum atomic E-state index is 12.0. The normalized spacial score (nSPS) is 10.9. The number of rotatable bonds is 3. The van der Waals surface area contributed by atoms with Crippen LogP contribution in [0.2, 0.25) is 0 Å². The monoisotopic (exact) mass is 271 g/mol. The van der Waals surface area contributed by atoms with Crippen LogP contribution in [0.3, 0.4) is 0 Å². The standard InChI is InChI=1S/C16H21N3O/c1-10(2)17-16(20)14-9-15(19(5)18-14)13-7-6-11(3)8-12(13)4/h6-10H,1-5H3,(H,17,20). The van der Waals surface area contributed by atoms with Crippen LogP contribution < -0.4 is 5.32 Å². The number of aryl methyl sites for hydroxylation is 3. The lowest BCUT2D eigenvalue weighted by Gasteiger charge is -2.06. The fourth-order valence-corrected chi connectivity index (χ4v) is 2.27. The minimum atomic E-state index is -0.133. The number of aromatic nitrogens is 2. The van der Waals surface area contributed by atoms with Crippen molar-refractivity contribution >= 4 is 5.91 Å². The molecule has 1 aromatic carbocycles. The summed E-state index contributed by atoms with van der Waals surface area (Å²) in [5, 5.41) is 7.17. The molecule has 4 heteroatoms. The number of carbonyl (C=O) groups is 1. The molecular weight excluding hydrogens is 250 g/mol. The first-order valence-electron chi connectivity index (χ1n) is 6.81. The lowest BCUT2D eigenvalue weighted by molar-refractivity contribution is 0.0937. The molecule has 1 amide bonds. The van der Waals surface area contributed by atoms with Crippen molar-refractivity contribution < 1.29 is 4.79 Å². The van der Waals surface area contributed by atoms with Crippen molar-refractivity contribution in [3.63, 3.8) is 0 Å². The summed E-state index contributed by atoms with van der Waals surface area (Å²) in [5.41, 5.74) is 4.93. The highest BCUT2D eigenvalue weighted by Crippen LogP contribution is 2.24. The van der Waals surface area contributed by atoms with E-state index in [-0.39, 0.29) is 11.9 Å². The molecule has 20 heavy (non-hydrogen) atoms. The highest BCUT2D eigenvalue weighted by molar-refractivity contribution is 5.93. The van der Waals surface area contributed by atoms with Crippen LogP contribution >= 0.6 is 0 Å². The number of nitrogens with one attached hydrogen (secondary N) is 1. The minimum Gasteiger partial charge on any atom is -0.348 e. The van der Waals surface area contributed by atoms with E-state index in [9.17, 15) is 4.79 Å². The van der Waals surface area contributed by atoms with Gasteiger partial charge in [-0.3, -0.25) is 9.48 Å². The van der Waals surface area contributed by atoms with Crippen LogP contribution in [0.4, 0.5) is 0 Å². The number of benzene rings is 1. The molecule has 0 saturated carbocycles. The van der Waals surface area contributed by atoms with Gasteiger partial charge >= 0.3 is 0 Å². The van der Waals surface area contributed by atoms with Crippen LogP contribution in [0.15, 0.2) is 24.3 Å². The van der Waals surface area contributed by atoms with Crippen molar-refractivity contribution in [1.82, 2.24) is 15.1 Å². The first-order chi connectivity index (χ1) is 9.38. The molecule has 0 fully saturated rings. The Labute approximate surface area is 119 Å². The summed E-state index contributed by atoms with van der Waals surface area (Å²) in [6.45, 7) is 8.02. The second-order valence-electron chi connectivity index (χ2n) is 5.48. The predicted molar refractivity (Wildman–Crippen MR) is 80.7 cm³/mol. The number of nitrogens with zero attached hydrogens (tertiary/aromatic N) is 2. The van der Waals surface area contributed by atoms with E-state index in [1.54, 1.807) is 4.68 Å². The zero-order valence-corrected chi connectivity index (χ0v) is 12.7. The van der Waals surface area contributed by atoms with Crippen molar-refractivity contribution in [2.45, 2.75) is 33.7 Å². The van der Waals surface area contributed by atoms with Crippen molar-refractivity contribution in [3.8, 4) is 11.3 Å². The van der Waals surface area contributed by atoms with Crippen molar-refractivity contribution in [2.75, 3.05) is 0 Å². The Bertz CT molecular complexity index is 641. The van der Waals surface area contributed by atoms with Gasteiger partial charge in [-0.15, -0.1) is 0 Å². The summed E-state index contributed by atoms with van der Waals surface area (Å²) < 4.78 is 1.76. The third-order valence-corrected chi connectivity index (χ3v) is 3.19. The average molecular weight is 271 g/mol. The van der Waals surface area contributed by atoms with Gasteiger partial charge in [0.05, 0.1) is 5.69 Å². The van der Waals surface area contributed by atoms with E-state index >= 15 is 0 Å². The number of amides is 1. The van der Waals surface area contributed by atoms with E-state index in [2.05, 4.69) is 42.5 Å². The van der Waals surface area contributed by atoms with Gasteiger partial charge < -0.3 is 5.32 Å².